The first-order chi connectivity index (χ1) is 10.7. The maximum absolute atomic E-state index is 8.94. The molecule has 0 N–H and O–H groups in total. The Morgan fingerprint density at radius 2 is 2.09 bits per heavy atom. The van der Waals surface area contributed by atoms with E-state index in [0.29, 0.717) is 39.2 Å². The third-order valence-electron chi connectivity index (χ3n) is 3.07. The van der Waals surface area contributed by atoms with Crippen LogP contribution in [0.3, 0.4) is 0 Å². The Hall–Kier alpha value is -2.84. The van der Waals surface area contributed by atoms with Gasteiger partial charge in [-0.05, 0) is 36.4 Å². The maximum atomic E-state index is 8.94. The van der Waals surface area contributed by atoms with Crippen molar-refractivity contribution in [3.05, 3.63) is 53.1 Å². The first kappa shape index (κ1) is 14.1. The predicted octanol–water partition coefficient (Wildman–Crippen LogP) is 3.94. The number of rotatable bonds is 3. The number of halogens is 1. The van der Waals surface area contributed by atoms with Crippen LogP contribution in [0.1, 0.15) is 5.56 Å². The van der Waals surface area contributed by atoms with Gasteiger partial charge in [0.25, 0.3) is 5.89 Å². The van der Waals surface area contributed by atoms with E-state index in [1.807, 2.05) is 0 Å². The van der Waals surface area contributed by atoms with Crippen LogP contribution in [0.4, 0.5) is 0 Å². The highest BCUT2D eigenvalue weighted by Crippen LogP contribution is 2.32. The molecule has 0 amide bonds. The molecule has 0 aliphatic carbocycles. The standard InChI is InChI=1S/C16H10ClN3O2/c1-21-14-6-5-12(17)8-13(14)15-19-16(22-20-15)11-4-2-3-10(7-11)9-18/h2-8H,1H3. The van der Waals surface area contributed by atoms with Crippen LogP contribution in [0.2, 0.25) is 5.02 Å². The number of methoxy groups -OCH3 is 1. The molecule has 6 heteroatoms. The molecule has 1 aromatic heterocycles. The summed E-state index contributed by atoms with van der Waals surface area (Å²) in [6, 6.07) is 14.2. The summed E-state index contributed by atoms with van der Waals surface area (Å²) in [5.74, 6) is 1.30. The largest absolute Gasteiger partial charge is 0.496 e. The van der Waals surface area contributed by atoms with E-state index in [4.69, 9.17) is 26.1 Å². The molecule has 0 fully saturated rings. The molecule has 2 aromatic carbocycles. The van der Waals surface area contributed by atoms with Crippen LogP contribution >= 0.6 is 11.6 Å². The molecule has 0 aliphatic rings. The summed E-state index contributed by atoms with van der Waals surface area (Å²) in [6.45, 7) is 0. The highest BCUT2D eigenvalue weighted by molar-refractivity contribution is 6.30. The van der Waals surface area contributed by atoms with Gasteiger partial charge in [0.2, 0.25) is 5.82 Å². The van der Waals surface area contributed by atoms with E-state index in [-0.39, 0.29) is 0 Å². The summed E-state index contributed by atoms with van der Waals surface area (Å²) in [6.07, 6.45) is 0. The lowest BCUT2D eigenvalue weighted by atomic mass is 10.1. The molecule has 1 heterocycles. The van der Waals surface area contributed by atoms with Gasteiger partial charge in [-0.1, -0.05) is 22.8 Å². The number of ether oxygens (including phenoxy) is 1. The first-order valence-electron chi connectivity index (χ1n) is 6.39. The number of hydrogen-bond acceptors (Lipinski definition) is 5. The number of aromatic nitrogens is 2. The molecule has 0 saturated carbocycles. The van der Waals surface area contributed by atoms with Gasteiger partial charge in [-0.2, -0.15) is 10.2 Å². The van der Waals surface area contributed by atoms with Crippen LogP contribution in [-0.4, -0.2) is 17.3 Å². The van der Waals surface area contributed by atoms with Gasteiger partial charge in [-0.25, -0.2) is 0 Å². The van der Waals surface area contributed by atoms with E-state index in [1.54, 1.807) is 49.6 Å². The molecule has 0 saturated heterocycles. The van der Waals surface area contributed by atoms with Gasteiger partial charge in [-0.15, -0.1) is 0 Å². The normalized spacial score (nSPS) is 10.2. The van der Waals surface area contributed by atoms with Crippen molar-refractivity contribution in [2.75, 3.05) is 7.11 Å². The van der Waals surface area contributed by atoms with Crippen LogP contribution in [-0.2, 0) is 0 Å². The molecule has 0 bridgehead atoms. The van der Waals surface area contributed by atoms with Crippen molar-refractivity contribution in [2.24, 2.45) is 0 Å². The average Bonchev–Trinajstić information content (AvgIpc) is 3.05. The Kier molecular flexibility index (Phi) is 3.77. The zero-order chi connectivity index (χ0) is 15.5. The third kappa shape index (κ3) is 2.65. The number of benzene rings is 2. The zero-order valence-electron chi connectivity index (χ0n) is 11.6. The second-order valence-corrected chi connectivity index (χ2v) is 4.90. The van der Waals surface area contributed by atoms with E-state index in [1.165, 1.54) is 0 Å². The predicted molar refractivity (Wildman–Crippen MR) is 81.4 cm³/mol. The van der Waals surface area contributed by atoms with Crippen LogP contribution in [0.15, 0.2) is 47.0 Å². The smallest absolute Gasteiger partial charge is 0.258 e. The van der Waals surface area contributed by atoms with Gasteiger partial charge in [-0.3, -0.25) is 0 Å². The fourth-order valence-electron chi connectivity index (χ4n) is 2.03. The highest BCUT2D eigenvalue weighted by Gasteiger charge is 2.15. The van der Waals surface area contributed by atoms with Crippen molar-refractivity contribution in [1.29, 1.82) is 5.26 Å². The Morgan fingerprint density at radius 1 is 1.23 bits per heavy atom. The maximum Gasteiger partial charge on any atom is 0.258 e. The average molecular weight is 312 g/mol. The molecule has 0 aliphatic heterocycles. The summed E-state index contributed by atoms with van der Waals surface area (Å²) in [7, 11) is 1.56. The Morgan fingerprint density at radius 3 is 2.86 bits per heavy atom. The van der Waals surface area contributed by atoms with Crippen LogP contribution in [0.25, 0.3) is 22.8 Å². The first-order valence-corrected chi connectivity index (χ1v) is 6.77. The fraction of sp³-hybridized carbons (Fsp3) is 0.0625. The van der Waals surface area contributed by atoms with E-state index >= 15 is 0 Å². The molecule has 22 heavy (non-hydrogen) atoms. The molecule has 0 spiro atoms. The second-order valence-electron chi connectivity index (χ2n) is 4.46. The zero-order valence-corrected chi connectivity index (χ0v) is 12.3. The van der Waals surface area contributed by atoms with Gasteiger partial charge in [0.1, 0.15) is 5.75 Å². The van der Waals surface area contributed by atoms with Gasteiger partial charge < -0.3 is 9.26 Å². The fourth-order valence-corrected chi connectivity index (χ4v) is 2.20. The Labute approximate surface area is 131 Å². The number of nitriles is 1. The number of hydrogen-bond donors (Lipinski definition) is 0. The minimum atomic E-state index is 0.328. The van der Waals surface area contributed by atoms with Crippen molar-refractivity contribution in [3.8, 4) is 34.7 Å². The molecule has 0 radical (unpaired) electrons. The molecular formula is C16H10ClN3O2. The quantitative estimate of drug-likeness (QED) is 0.732. The molecule has 5 nitrogen and oxygen atoms in total. The molecular weight excluding hydrogens is 302 g/mol. The lowest BCUT2D eigenvalue weighted by molar-refractivity contribution is 0.413. The lowest BCUT2D eigenvalue weighted by Gasteiger charge is -2.04. The van der Waals surface area contributed by atoms with E-state index < -0.39 is 0 Å². The molecule has 0 atom stereocenters. The highest BCUT2D eigenvalue weighted by atomic mass is 35.5. The van der Waals surface area contributed by atoms with Gasteiger partial charge in [0.15, 0.2) is 0 Å². The number of nitrogens with zero attached hydrogens (tertiary/aromatic N) is 3. The lowest BCUT2D eigenvalue weighted by Crippen LogP contribution is -1.89. The van der Waals surface area contributed by atoms with Crippen molar-refractivity contribution in [2.45, 2.75) is 0 Å². The molecule has 108 valence electrons. The summed E-state index contributed by atoms with van der Waals surface area (Å²) in [4.78, 5) is 4.35. The van der Waals surface area contributed by atoms with E-state index in [0.717, 1.165) is 0 Å². The van der Waals surface area contributed by atoms with Crippen molar-refractivity contribution < 1.29 is 9.26 Å². The molecule has 0 unspecified atom stereocenters. The monoisotopic (exact) mass is 311 g/mol. The van der Waals surface area contributed by atoms with E-state index in [2.05, 4.69) is 16.2 Å². The molecule has 3 aromatic rings. The minimum Gasteiger partial charge on any atom is -0.496 e. The van der Waals surface area contributed by atoms with Crippen molar-refractivity contribution >= 4 is 11.6 Å². The summed E-state index contributed by atoms with van der Waals surface area (Å²) < 4.78 is 10.6. The molecule has 3 rings (SSSR count). The SMILES string of the molecule is COc1ccc(Cl)cc1-c1noc(-c2cccc(C#N)c2)n1. The summed E-state index contributed by atoms with van der Waals surface area (Å²) in [5, 5.41) is 13.5. The van der Waals surface area contributed by atoms with Crippen LogP contribution in [0, 0.1) is 11.3 Å². The summed E-state index contributed by atoms with van der Waals surface area (Å²) in [5.41, 5.74) is 1.85. The second kappa shape index (κ2) is 5.88. The Bertz CT molecular complexity index is 868. The third-order valence-corrected chi connectivity index (χ3v) is 3.30. The van der Waals surface area contributed by atoms with Gasteiger partial charge >= 0.3 is 0 Å². The topological polar surface area (TPSA) is 71.9 Å². The minimum absolute atomic E-state index is 0.328. The van der Waals surface area contributed by atoms with Crippen molar-refractivity contribution in [3.63, 3.8) is 0 Å². The van der Waals surface area contributed by atoms with Crippen LogP contribution < -0.4 is 4.74 Å². The van der Waals surface area contributed by atoms with Gasteiger partial charge in [0.05, 0.1) is 24.3 Å². The summed E-state index contributed by atoms with van der Waals surface area (Å²) >= 11 is 6.01. The van der Waals surface area contributed by atoms with Crippen LogP contribution in [0.5, 0.6) is 5.75 Å². The Balaban J connectivity index is 2.04. The van der Waals surface area contributed by atoms with E-state index in [9.17, 15) is 0 Å². The van der Waals surface area contributed by atoms with Gasteiger partial charge in [0, 0.05) is 10.6 Å². The van der Waals surface area contributed by atoms with Crippen molar-refractivity contribution in [1.82, 2.24) is 10.1 Å².